The maximum absolute atomic E-state index is 12.8. The number of nitrogens with zero attached hydrogens (tertiary/aromatic N) is 1. The van der Waals surface area contributed by atoms with E-state index in [4.69, 9.17) is 0 Å². The zero-order chi connectivity index (χ0) is 17.8. The van der Waals surface area contributed by atoms with E-state index in [-0.39, 0.29) is 17.6 Å². The number of fused-ring (bicyclic) bond motifs is 1. The average molecular weight is 358 g/mol. The maximum atomic E-state index is 12.8. The Bertz CT molecular complexity index is 793. The Hall–Kier alpha value is -2.34. The molecule has 0 saturated carbocycles. The number of carbonyl (C=O) groups excluding carboxylic acids is 2. The molecule has 0 fully saturated rings. The monoisotopic (exact) mass is 358 g/mol. The second-order valence-electron chi connectivity index (χ2n) is 5.86. The quantitative estimate of drug-likeness (QED) is 0.826. The highest BCUT2D eigenvalue weighted by molar-refractivity contribution is 7.99. The largest absolute Gasteiger partial charge is 0.326 e. The summed E-state index contributed by atoms with van der Waals surface area (Å²) < 4.78 is 12.8. The van der Waals surface area contributed by atoms with E-state index in [1.54, 1.807) is 24.0 Å². The van der Waals surface area contributed by atoms with Gasteiger partial charge >= 0.3 is 0 Å². The lowest BCUT2D eigenvalue weighted by molar-refractivity contribution is -0.117. The van der Waals surface area contributed by atoms with Crippen molar-refractivity contribution in [2.75, 3.05) is 22.5 Å². The Labute approximate surface area is 150 Å². The van der Waals surface area contributed by atoms with Gasteiger partial charge in [0.1, 0.15) is 5.82 Å². The molecule has 0 spiro atoms. The van der Waals surface area contributed by atoms with Crippen LogP contribution in [0.2, 0.25) is 0 Å². The van der Waals surface area contributed by atoms with E-state index in [1.807, 2.05) is 18.2 Å². The molecule has 2 aromatic carbocycles. The number of nitrogens with one attached hydrogen (secondary N) is 1. The molecule has 0 unspecified atom stereocenters. The summed E-state index contributed by atoms with van der Waals surface area (Å²) >= 11 is 1.52. The van der Waals surface area contributed by atoms with Crippen LogP contribution in [-0.4, -0.2) is 24.1 Å². The van der Waals surface area contributed by atoms with Gasteiger partial charge in [-0.1, -0.05) is 0 Å². The topological polar surface area (TPSA) is 49.4 Å². The first-order valence-corrected chi connectivity index (χ1v) is 9.11. The Morgan fingerprint density at radius 1 is 1.20 bits per heavy atom. The van der Waals surface area contributed by atoms with Crippen LogP contribution in [0.15, 0.2) is 47.4 Å². The van der Waals surface area contributed by atoms with E-state index in [2.05, 4.69) is 5.32 Å². The fourth-order valence-electron chi connectivity index (χ4n) is 2.82. The fraction of sp³-hybridized carbons (Fsp3) is 0.263. The van der Waals surface area contributed by atoms with Crippen LogP contribution in [0.5, 0.6) is 0 Å². The number of halogens is 1. The molecule has 0 radical (unpaired) electrons. The van der Waals surface area contributed by atoms with Crippen molar-refractivity contribution >= 4 is 35.0 Å². The van der Waals surface area contributed by atoms with Crippen LogP contribution in [0.1, 0.15) is 18.9 Å². The molecule has 2 aromatic rings. The molecule has 1 aliphatic heterocycles. The molecule has 1 heterocycles. The van der Waals surface area contributed by atoms with E-state index in [0.29, 0.717) is 18.7 Å². The molecule has 1 aliphatic rings. The lowest BCUT2D eigenvalue weighted by Gasteiger charge is -2.15. The maximum Gasteiger partial charge on any atom is 0.225 e. The summed E-state index contributed by atoms with van der Waals surface area (Å²) in [5, 5.41) is 2.90. The first kappa shape index (κ1) is 17.5. The minimum Gasteiger partial charge on any atom is -0.326 e. The van der Waals surface area contributed by atoms with Crippen LogP contribution in [0, 0.1) is 5.82 Å². The van der Waals surface area contributed by atoms with Crippen LogP contribution in [0.3, 0.4) is 0 Å². The molecule has 6 heteroatoms. The summed E-state index contributed by atoms with van der Waals surface area (Å²) in [6.45, 7) is 2.25. The van der Waals surface area contributed by atoms with E-state index in [0.717, 1.165) is 28.3 Å². The van der Waals surface area contributed by atoms with Crippen LogP contribution in [0.25, 0.3) is 0 Å². The number of carbonyl (C=O) groups is 2. The summed E-state index contributed by atoms with van der Waals surface area (Å²) in [5.74, 6) is 0.340. The van der Waals surface area contributed by atoms with Crippen molar-refractivity contribution < 1.29 is 14.0 Å². The molecule has 2 amide bonds. The van der Waals surface area contributed by atoms with Gasteiger partial charge in [-0.05, 0) is 54.4 Å². The molecule has 0 bridgehead atoms. The van der Waals surface area contributed by atoms with Crippen molar-refractivity contribution in [1.82, 2.24) is 0 Å². The predicted octanol–water partition coefficient (Wildman–Crippen LogP) is 3.86. The zero-order valence-electron chi connectivity index (χ0n) is 13.9. The molecule has 4 nitrogen and oxygen atoms in total. The predicted molar refractivity (Wildman–Crippen MR) is 98.5 cm³/mol. The number of hydrogen-bond donors (Lipinski definition) is 1. The minimum atomic E-state index is -0.262. The number of benzene rings is 2. The van der Waals surface area contributed by atoms with E-state index < -0.39 is 0 Å². The highest BCUT2D eigenvalue weighted by atomic mass is 32.2. The van der Waals surface area contributed by atoms with Gasteiger partial charge in [-0.15, -0.1) is 11.8 Å². The third-order valence-corrected chi connectivity index (χ3v) is 5.06. The smallest absolute Gasteiger partial charge is 0.225 e. The molecule has 3 rings (SSSR count). The van der Waals surface area contributed by atoms with E-state index in [1.165, 1.54) is 23.9 Å². The van der Waals surface area contributed by atoms with Gasteiger partial charge in [0.05, 0.1) is 0 Å². The Balaban J connectivity index is 1.51. The zero-order valence-corrected chi connectivity index (χ0v) is 14.7. The highest BCUT2D eigenvalue weighted by Gasteiger charge is 2.22. The van der Waals surface area contributed by atoms with Crippen LogP contribution >= 0.6 is 11.8 Å². The molecule has 0 aliphatic carbocycles. The van der Waals surface area contributed by atoms with E-state index in [9.17, 15) is 14.0 Å². The first-order valence-electron chi connectivity index (χ1n) is 8.12. The van der Waals surface area contributed by atoms with Crippen LogP contribution in [-0.2, 0) is 16.0 Å². The van der Waals surface area contributed by atoms with Crippen LogP contribution in [0.4, 0.5) is 15.8 Å². The van der Waals surface area contributed by atoms with Crippen molar-refractivity contribution in [1.29, 1.82) is 0 Å². The van der Waals surface area contributed by atoms with Gasteiger partial charge < -0.3 is 10.2 Å². The summed E-state index contributed by atoms with van der Waals surface area (Å²) in [6, 6.07) is 11.9. The second kappa shape index (κ2) is 7.70. The lowest BCUT2D eigenvalue weighted by atomic mass is 10.1. The molecule has 1 N–H and O–H groups in total. The van der Waals surface area contributed by atoms with Crippen molar-refractivity contribution in [3.63, 3.8) is 0 Å². The summed E-state index contributed by atoms with van der Waals surface area (Å²) in [5.41, 5.74) is 2.76. The van der Waals surface area contributed by atoms with Gasteiger partial charge in [0.2, 0.25) is 11.8 Å². The van der Waals surface area contributed by atoms with Gasteiger partial charge in [0.25, 0.3) is 0 Å². The number of hydrogen-bond acceptors (Lipinski definition) is 3. The molecular weight excluding hydrogens is 339 g/mol. The van der Waals surface area contributed by atoms with E-state index >= 15 is 0 Å². The lowest BCUT2D eigenvalue weighted by Crippen LogP contribution is -2.25. The minimum absolute atomic E-state index is 0.0355. The van der Waals surface area contributed by atoms with Gasteiger partial charge in [0.15, 0.2) is 0 Å². The number of amides is 2. The van der Waals surface area contributed by atoms with Crippen molar-refractivity contribution in [3.05, 3.63) is 53.8 Å². The Morgan fingerprint density at radius 2 is 1.96 bits per heavy atom. The van der Waals surface area contributed by atoms with Gasteiger partial charge in [-0.25, -0.2) is 4.39 Å². The Morgan fingerprint density at radius 3 is 2.68 bits per heavy atom. The molecular formula is C19H19FN2O2S. The number of thioether (sulfide) groups is 1. The number of anilines is 2. The standard InChI is InChI=1S/C19H19FN2O2S/c1-13(23)22-10-8-14-12-16(4-7-18(14)22)21-19(24)9-11-25-17-5-2-15(20)3-6-17/h2-7,12H,8-11H2,1H3,(H,21,24). The Kier molecular flexibility index (Phi) is 5.38. The molecule has 0 aromatic heterocycles. The van der Waals surface area contributed by atoms with Gasteiger partial charge in [-0.2, -0.15) is 0 Å². The fourth-order valence-corrected chi connectivity index (χ4v) is 3.67. The van der Waals surface area contributed by atoms with Crippen LogP contribution < -0.4 is 10.2 Å². The third kappa shape index (κ3) is 4.39. The van der Waals surface area contributed by atoms with Gasteiger partial charge in [-0.3, -0.25) is 9.59 Å². The van der Waals surface area contributed by atoms with Crippen molar-refractivity contribution in [3.8, 4) is 0 Å². The SMILES string of the molecule is CC(=O)N1CCc2cc(NC(=O)CCSc3ccc(F)cc3)ccc21. The average Bonchev–Trinajstić information content (AvgIpc) is 3.00. The summed E-state index contributed by atoms with van der Waals surface area (Å²) in [4.78, 5) is 26.3. The third-order valence-electron chi connectivity index (χ3n) is 4.05. The molecule has 25 heavy (non-hydrogen) atoms. The summed E-state index contributed by atoms with van der Waals surface area (Å²) in [7, 11) is 0. The first-order chi connectivity index (χ1) is 12.0. The molecule has 0 saturated heterocycles. The van der Waals surface area contributed by atoms with Crippen molar-refractivity contribution in [2.45, 2.75) is 24.7 Å². The van der Waals surface area contributed by atoms with Gasteiger partial charge in [0, 0.05) is 41.9 Å². The second-order valence-corrected chi connectivity index (χ2v) is 7.03. The van der Waals surface area contributed by atoms with Crippen molar-refractivity contribution in [2.24, 2.45) is 0 Å². The number of rotatable bonds is 5. The molecule has 130 valence electrons. The normalized spacial score (nSPS) is 12.8. The molecule has 0 atom stereocenters. The summed E-state index contributed by atoms with van der Waals surface area (Å²) in [6.07, 6.45) is 1.18. The highest BCUT2D eigenvalue weighted by Crippen LogP contribution is 2.30.